The fourth-order valence-electron chi connectivity index (χ4n) is 2.04. The van der Waals surface area contributed by atoms with E-state index >= 15 is 0 Å². The number of nitrogens with one attached hydrogen (secondary N) is 1. The van der Waals surface area contributed by atoms with Gasteiger partial charge in [0.1, 0.15) is 5.82 Å². The van der Waals surface area contributed by atoms with Gasteiger partial charge in [-0.2, -0.15) is 0 Å². The summed E-state index contributed by atoms with van der Waals surface area (Å²) < 4.78 is 36.4. The van der Waals surface area contributed by atoms with Gasteiger partial charge in [-0.3, -0.25) is 0 Å². The smallest absolute Gasteiger partial charge is 0.175 e. The summed E-state index contributed by atoms with van der Waals surface area (Å²) in [6.07, 6.45) is 1.18. The molecule has 0 unspecified atom stereocenters. The average molecular weight is 307 g/mol. The molecule has 0 aromatic heterocycles. The molecule has 0 fully saturated rings. The molecular weight excluding hydrogens is 289 g/mol. The van der Waals surface area contributed by atoms with Crippen molar-refractivity contribution in [3.63, 3.8) is 0 Å². The number of anilines is 1. The number of benzene rings is 2. The van der Waals surface area contributed by atoms with Crippen LogP contribution in [-0.4, -0.2) is 14.7 Å². The predicted octanol–water partition coefficient (Wildman–Crippen LogP) is 3.46. The first kappa shape index (κ1) is 15.5. The fraction of sp³-hybridized carbons (Fsp3) is 0.250. The third kappa shape index (κ3) is 3.82. The van der Waals surface area contributed by atoms with Gasteiger partial charge in [-0.05, 0) is 54.8 Å². The van der Waals surface area contributed by atoms with Crippen molar-refractivity contribution in [1.82, 2.24) is 0 Å². The quantitative estimate of drug-likeness (QED) is 0.941. The van der Waals surface area contributed by atoms with Crippen LogP contribution in [0.3, 0.4) is 0 Å². The van der Waals surface area contributed by atoms with Crippen LogP contribution in [0.4, 0.5) is 10.1 Å². The molecule has 0 aliphatic rings. The van der Waals surface area contributed by atoms with E-state index in [4.69, 9.17) is 0 Å². The standard InChI is InChI=1S/C16H18FNO2S/c1-11-4-6-14(17)8-13(11)10-18-16-9-15(21(3,19)20)7-5-12(16)2/h4-9,18H,10H2,1-3H3. The average Bonchev–Trinajstić information content (AvgIpc) is 2.40. The number of rotatable bonds is 4. The molecule has 0 spiro atoms. The Balaban J connectivity index is 2.26. The van der Waals surface area contributed by atoms with E-state index in [1.165, 1.54) is 18.4 Å². The molecule has 3 nitrogen and oxygen atoms in total. The Kier molecular flexibility index (Phi) is 4.32. The van der Waals surface area contributed by atoms with Crippen LogP contribution in [0.2, 0.25) is 0 Å². The van der Waals surface area contributed by atoms with Gasteiger partial charge in [-0.15, -0.1) is 0 Å². The van der Waals surface area contributed by atoms with E-state index in [2.05, 4.69) is 5.32 Å². The molecule has 2 aromatic rings. The number of halogens is 1. The summed E-state index contributed by atoms with van der Waals surface area (Å²) in [6, 6.07) is 9.60. The van der Waals surface area contributed by atoms with Crippen molar-refractivity contribution in [2.24, 2.45) is 0 Å². The van der Waals surface area contributed by atoms with E-state index in [1.807, 2.05) is 13.8 Å². The molecule has 1 N–H and O–H groups in total. The van der Waals surface area contributed by atoms with Crippen LogP contribution >= 0.6 is 0 Å². The summed E-state index contributed by atoms with van der Waals surface area (Å²) in [7, 11) is -3.24. The summed E-state index contributed by atoms with van der Waals surface area (Å²) >= 11 is 0. The first-order valence-electron chi connectivity index (χ1n) is 6.57. The van der Waals surface area contributed by atoms with Gasteiger partial charge in [0.2, 0.25) is 0 Å². The lowest BCUT2D eigenvalue weighted by molar-refractivity contribution is 0.602. The SMILES string of the molecule is Cc1ccc(F)cc1CNc1cc(S(C)(=O)=O)ccc1C. The van der Waals surface area contributed by atoms with Gasteiger partial charge in [-0.1, -0.05) is 12.1 Å². The van der Waals surface area contributed by atoms with Gasteiger partial charge in [-0.25, -0.2) is 12.8 Å². The Morgan fingerprint density at radius 3 is 2.38 bits per heavy atom. The highest BCUT2D eigenvalue weighted by atomic mass is 32.2. The molecule has 5 heteroatoms. The van der Waals surface area contributed by atoms with Gasteiger partial charge < -0.3 is 5.32 Å². The van der Waals surface area contributed by atoms with Crippen LogP contribution in [0.5, 0.6) is 0 Å². The van der Waals surface area contributed by atoms with Gasteiger partial charge in [0.25, 0.3) is 0 Å². The molecule has 0 heterocycles. The first-order chi connectivity index (χ1) is 9.77. The molecule has 2 rings (SSSR count). The van der Waals surface area contributed by atoms with E-state index in [0.29, 0.717) is 6.54 Å². The van der Waals surface area contributed by atoms with Gasteiger partial charge >= 0.3 is 0 Å². The summed E-state index contributed by atoms with van der Waals surface area (Å²) in [5.41, 5.74) is 3.51. The molecule has 0 aliphatic carbocycles. The molecule has 0 aliphatic heterocycles. The second-order valence-corrected chi connectivity index (χ2v) is 7.19. The lowest BCUT2D eigenvalue weighted by atomic mass is 10.1. The molecule has 0 atom stereocenters. The monoisotopic (exact) mass is 307 g/mol. The van der Waals surface area contributed by atoms with Crippen LogP contribution in [0.25, 0.3) is 0 Å². The Labute approximate surface area is 124 Å². The number of hydrogen-bond acceptors (Lipinski definition) is 3. The second-order valence-electron chi connectivity index (χ2n) is 5.17. The lowest BCUT2D eigenvalue weighted by Gasteiger charge is -2.12. The maximum atomic E-state index is 13.3. The molecule has 0 bridgehead atoms. The molecule has 0 saturated carbocycles. The normalized spacial score (nSPS) is 11.4. The van der Waals surface area contributed by atoms with Crippen molar-refractivity contribution in [2.75, 3.05) is 11.6 Å². The van der Waals surface area contributed by atoms with Crippen molar-refractivity contribution < 1.29 is 12.8 Å². The molecule has 21 heavy (non-hydrogen) atoms. The Morgan fingerprint density at radius 1 is 1.05 bits per heavy atom. The topological polar surface area (TPSA) is 46.2 Å². The molecular formula is C16H18FNO2S. The van der Waals surface area contributed by atoms with Crippen LogP contribution in [0, 0.1) is 19.7 Å². The minimum absolute atomic E-state index is 0.270. The van der Waals surface area contributed by atoms with Gasteiger partial charge in [0, 0.05) is 18.5 Å². The summed E-state index contributed by atoms with van der Waals surface area (Å²) in [5, 5.41) is 3.18. The zero-order valence-corrected chi connectivity index (χ0v) is 13.1. The van der Waals surface area contributed by atoms with Crippen LogP contribution < -0.4 is 5.32 Å². The van der Waals surface area contributed by atoms with Crippen LogP contribution in [0.15, 0.2) is 41.3 Å². The van der Waals surface area contributed by atoms with Crippen LogP contribution in [0.1, 0.15) is 16.7 Å². The minimum atomic E-state index is -3.24. The molecule has 0 radical (unpaired) electrons. The highest BCUT2D eigenvalue weighted by molar-refractivity contribution is 7.90. The first-order valence-corrected chi connectivity index (χ1v) is 8.46. The highest BCUT2D eigenvalue weighted by Crippen LogP contribution is 2.21. The number of hydrogen-bond donors (Lipinski definition) is 1. The predicted molar refractivity (Wildman–Crippen MR) is 82.8 cm³/mol. The summed E-state index contributed by atoms with van der Waals surface area (Å²) in [6.45, 7) is 4.25. The minimum Gasteiger partial charge on any atom is -0.381 e. The van der Waals surface area contributed by atoms with Crippen molar-refractivity contribution in [3.8, 4) is 0 Å². The van der Waals surface area contributed by atoms with E-state index in [0.717, 1.165) is 22.4 Å². The molecule has 112 valence electrons. The Hall–Kier alpha value is -1.88. The van der Waals surface area contributed by atoms with Crippen LogP contribution in [-0.2, 0) is 16.4 Å². The summed E-state index contributed by atoms with van der Waals surface area (Å²) in [5.74, 6) is -0.279. The number of sulfone groups is 1. The maximum absolute atomic E-state index is 13.3. The highest BCUT2D eigenvalue weighted by Gasteiger charge is 2.09. The zero-order valence-electron chi connectivity index (χ0n) is 12.3. The molecule has 0 amide bonds. The van der Waals surface area contributed by atoms with E-state index in [9.17, 15) is 12.8 Å². The van der Waals surface area contributed by atoms with Crippen molar-refractivity contribution >= 4 is 15.5 Å². The third-order valence-corrected chi connectivity index (χ3v) is 4.53. The maximum Gasteiger partial charge on any atom is 0.175 e. The zero-order chi connectivity index (χ0) is 15.6. The van der Waals surface area contributed by atoms with Crippen molar-refractivity contribution in [2.45, 2.75) is 25.3 Å². The Morgan fingerprint density at radius 2 is 1.71 bits per heavy atom. The third-order valence-electron chi connectivity index (χ3n) is 3.42. The second kappa shape index (κ2) is 5.85. The summed E-state index contributed by atoms with van der Waals surface area (Å²) in [4.78, 5) is 0.270. The van der Waals surface area contributed by atoms with E-state index < -0.39 is 9.84 Å². The van der Waals surface area contributed by atoms with E-state index in [-0.39, 0.29) is 10.7 Å². The van der Waals surface area contributed by atoms with Crippen molar-refractivity contribution in [3.05, 3.63) is 58.9 Å². The van der Waals surface area contributed by atoms with Crippen molar-refractivity contribution in [1.29, 1.82) is 0 Å². The number of aryl methyl sites for hydroxylation is 2. The molecule has 0 saturated heterocycles. The largest absolute Gasteiger partial charge is 0.381 e. The van der Waals surface area contributed by atoms with E-state index in [1.54, 1.807) is 24.3 Å². The Bertz CT molecular complexity index is 770. The lowest BCUT2D eigenvalue weighted by Crippen LogP contribution is -2.05. The fourth-order valence-corrected chi connectivity index (χ4v) is 2.69. The van der Waals surface area contributed by atoms with Gasteiger partial charge in [0.05, 0.1) is 4.90 Å². The van der Waals surface area contributed by atoms with Gasteiger partial charge in [0.15, 0.2) is 9.84 Å². The molecule has 2 aromatic carbocycles.